The number of halogens is 1. The van der Waals surface area contributed by atoms with E-state index in [1.165, 1.54) is 18.4 Å². The summed E-state index contributed by atoms with van der Waals surface area (Å²) < 4.78 is 17.1. The Morgan fingerprint density at radius 2 is 1.88 bits per heavy atom. The maximum absolute atomic E-state index is 5.77. The highest BCUT2D eigenvalue weighted by Crippen LogP contribution is 2.31. The second kappa shape index (κ2) is 7.01. The molecular formula is C18H18BrN3O3. The van der Waals surface area contributed by atoms with E-state index in [4.69, 9.17) is 13.6 Å². The quantitative estimate of drug-likeness (QED) is 0.586. The summed E-state index contributed by atoms with van der Waals surface area (Å²) in [6, 6.07) is 12.3. The van der Waals surface area contributed by atoms with Crippen molar-refractivity contribution < 1.29 is 13.6 Å². The van der Waals surface area contributed by atoms with E-state index in [1.54, 1.807) is 19.2 Å². The van der Waals surface area contributed by atoms with Gasteiger partial charge in [-0.25, -0.2) is 0 Å². The fraction of sp³-hybridized carbons (Fsp3) is 0.333. The van der Waals surface area contributed by atoms with Crippen LogP contribution in [-0.2, 0) is 13.1 Å². The molecule has 0 N–H and O–H groups in total. The van der Waals surface area contributed by atoms with Gasteiger partial charge >= 0.3 is 0 Å². The fourth-order valence-electron chi connectivity index (χ4n) is 2.74. The summed E-state index contributed by atoms with van der Waals surface area (Å²) >= 11 is 3.28. The van der Waals surface area contributed by atoms with Crippen LogP contribution in [0.5, 0.6) is 5.75 Å². The summed E-state index contributed by atoms with van der Waals surface area (Å²) in [6.07, 6.45) is 2.42. The van der Waals surface area contributed by atoms with Gasteiger partial charge in [0, 0.05) is 12.6 Å². The van der Waals surface area contributed by atoms with Crippen LogP contribution in [0.3, 0.4) is 0 Å². The van der Waals surface area contributed by atoms with E-state index in [1.807, 2.05) is 12.1 Å². The molecule has 7 heteroatoms. The lowest BCUT2D eigenvalue weighted by atomic mass is 10.2. The number of furan rings is 1. The minimum atomic E-state index is 0.404. The maximum Gasteiger partial charge on any atom is 0.283 e. The number of rotatable bonds is 7. The zero-order chi connectivity index (χ0) is 17.2. The molecule has 1 saturated carbocycles. The molecule has 2 heterocycles. The molecule has 0 spiro atoms. The van der Waals surface area contributed by atoms with Crippen LogP contribution < -0.4 is 4.74 Å². The Bertz CT molecular complexity index is 839. The van der Waals surface area contributed by atoms with Gasteiger partial charge in [-0.05, 0) is 58.6 Å². The van der Waals surface area contributed by atoms with Crippen molar-refractivity contribution in [3.63, 3.8) is 0 Å². The zero-order valence-corrected chi connectivity index (χ0v) is 15.4. The number of methoxy groups -OCH3 is 1. The SMILES string of the molecule is COc1ccc(CN(Cc2nnc(-c3ccc(Br)o3)o2)C2CC2)cc1. The van der Waals surface area contributed by atoms with Crippen LogP contribution in [0.1, 0.15) is 24.3 Å². The largest absolute Gasteiger partial charge is 0.497 e. The van der Waals surface area contributed by atoms with Crippen LogP contribution in [0.4, 0.5) is 0 Å². The highest BCUT2D eigenvalue weighted by atomic mass is 79.9. The van der Waals surface area contributed by atoms with Crippen molar-refractivity contribution in [1.82, 2.24) is 15.1 Å². The monoisotopic (exact) mass is 403 g/mol. The molecule has 4 rings (SSSR count). The van der Waals surface area contributed by atoms with Crippen LogP contribution in [0.2, 0.25) is 0 Å². The number of benzene rings is 1. The molecule has 0 unspecified atom stereocenters. The normalized spacial score (nSPS) is 14.2. The number of nitrogens with zero attached hydrogens (tertiary/aromatic N) is 3. The van der Waals surface area contributed by atoms with Gasteiger partial charge in [0.1, 0.15) is 5.75 Å². The van der Waals surface area contributed by atoms with Crippen molar-refractivity contribution in [1.29, 1.82) is 0 Å². The summed E-state index contributed by atoms with van der Waals surface area (Å²) in [5.74, 6) is 2.44. The Labute approximate surface area is 153 Å². The van der Waals surface area contributed by atoms with E-state index in [0.717, 1.165) is 12.3 Å². The van der Waals surface area contributed by atoms with Crippen LogP contribution in [0.25, 0.3) is 11.7 Å². The second-order valence-electron chi connectivity index (χ2n) is 6.09. The number of hydrogen-bond acceptors (Lipinski definition) is 6. The number of aromatic nitrogens is 2. The lowest BCUT2D eigenvalue weighted by molar-refractivity contribution is 0.221. The summed E-state index contributed by atoms with van der Waals surface area (Å²) in [5.41, 5.74) is 1.24. The van der Waals surface area contributed by atoms with Crippen molar-refractivity contribution in [2.24, 2.45) is 0 Å². The van der Waals surface area contributed by atoms with Crippen LogP contribution in [0, 0.1) is 0 Å². The van der Waals surface area contributed by atoms with E-state index in [9.17, 15) is 0 Å². The smallest absolute Gasteiger partial charge is 0.283 e. The number of ether oxygens (including phenoxy) is 1. The third kappa shape index (κ3) is 3.93. The first-order valence-electron chi connectivity index (χ1n) is 8.16. The molecule has 0 amide bonds. The average molecular weight is 404 g/mol. The van der Waals surface area contributed by atoms with Gasteiger partial charge < -0.3 is 13.6 Å². The molecule has 0 radical (unpaired) electrons. The Balaban J connectivity index is 1.46. The lowest BCUT2D eigenvalue weighted by Gasteiger charge is -2.20. The average Bonchev–Trinajstić information content (AvgIpc) is 3.22. The van der Waals surface area contributed by atoms with Crippen LogP contribution in [-0.4, -0.2) is 28.2 Å². The molecule has 1 fully saturated rings. The lowest BCUT2D eigenvalue weighted by Crippen LogP contribution is -2.25. The zero-order valence-electron chi connectivity index (χ0n) is 13.8. The number of hydrogen-bond donors (Lipinski definition) is 0. The summed E-state index contributed by atoms with van der Waals surface area (Å²) in [7, 11) is 1.68. The van der Waals surface area contributed by atoms with Gasteiger partial charge in [-0.1, -0.05) is 12.1 Å². The highest BCUT2D eigenvalue weighted by molar-refractivity contribution is 9.10. The van der Waals surface area contributed by atoms with Gasteiger partial charge in [-0.2, -0.15) is 0 Å². The molecule has 2 aromatic heterocycles. The Morgan fingerprint density at radius 3 is 2.52 bits per heavy atom. The first kappa shape index (κ1) is 16.4. The molecular weight excluding hydrogens is 386 g/mol. The fourth-order valence-corrected chi connectivity index (χ4v) is 3.05. The van der Waals surface area contributed by atoms with E-state index >= 15 is 0 Å². The minimum absolute atomic E-state index is 0.404. The third-order valence-electron chi connectivity index (χ3n) is 4.20. The van der Waals surface area contributed by atoms with Crippen molar-refractivity contribution >= 4 is 15.9 Å². The van der Waals surface area contributed by atoms with Gasteiger partial charge in [0.2, 0.25) is 5.89 Å². The standard InChI is InChI=1S/C18H18BrN3O3/c1-23-14-6-2-12(3-7-14)10-22(13-4-5-13)11-17-20-21-18(25-17)15-8-9-16(19)24-15/h2-3,6-9,13H,4-5,10-11H2,1H3. The predicted octanol–water partition coefficient (Wildman–Crippen LogP) is 4.27. The molecule has 25 heavy (non-hydrogen) atoms. The molecule has 0 atom stereocenters. The van der Waals surface area contributed by atoms with E-state index < -0.39 is 0 Å². The summed E-state index contributed by atoms with van der Waals surface area (Å²) in [6.45, 7) is 1.48. The molecule has 130 valence electrons. The summed E-state index contributed by atoms with van der Waals surface area (Å²) in [4.78, 5) is 2.37. The molecule has 6 nitrogen and oxygen atoms in total. The van der Waals surface area contributed by atoms with Gasteiger partial charge in [0.25, 0.3) is 5.89 Å². The van der Waals surface area contributed by atoms with Gasteiger partial charge in [-0.3, -0.25) is 4.90 Å². The molecule has 0 bridgehead atoms. The van der Waals surface area contributed by atoms with Gasteiger partial charge in [0.15, 0.2) is 10.4 Å². The molecule has 1 aromatic carbocycles. The second-order valence-corrected chi connectivity index (χ2v) is 6.87. The van der Waals surface area contributed by atoms with E-state index in [2.05, 4.69) is 43.2 Å². The van der Waals surface area contributed by atoms with Crippen molar-refractivity contribution in [2.75, 3.05) is 7.11 Å². The van der Waals surface area contributed by atoms with Crippen molar-refractivity contribution in [3.05, 3.63) is 52.5 Å². The van der Waals surface area contributed by atoms with Crippen LogP contribution in [0.15, 0.2) is 49.9 Å². The van der Waals surface area contributed by atoms with Gasteiger partial charge in [-0.15, -0.1) is 10.2 Å². The first-order chi connectivity index (χ1) is 12.2. The maximum atomic E-state index is 5.77. The van der Waals surface area contributed by atoms with Crippen molar-refractivity contribution in [3.8, 4) is 17.4 Å². The minimum Gasteiger partial charge on any atom is -0.497 e. The van der Waals surface area contributed by atoms with E-state index in [-0.39, 0.29) is 0 Å². The molecule has 0 aliphatic heterocycles. The molecule has 3 aromatic rings. The molecule has 1 aliphatic carbocycles. The topological polar surface area (TPSA) is 64.5 Å². The highest BCUT2D eigenvalue weighted by Gasteiger charge is 2.30. The van der Waals surface area contributed by atoms with E-state index in [0.29, 0.717) is 34.8 Å². The molecule has 0 saturated heterocycles. The Morgan fingerprint density at radius 1 is 1.08 bits per heavy atom. The third-order valence-corrected chi connectivity index (χ3v) is 4.62. The first-order valence-corrected chi connectivity index (χ1v) is 8.95. The summed E-state index contributed by atoms with van der Waals surface area (Å²) in [5, 5.41) is 8.26. The Hall–Kier alpha value is -2.12. The van der Waals surface area contributed by atoms with Gasteiger partial charge in [0.05, 0.1) is 13.7 Å². The predicted molar refractivity (Wildman–Crippen MR) is 95.0 cm³/mol. The Kier molecular flexibility index (Phi) is 4.59. The molecule has 1 aliphatic rings. The van der Waals surface area contributed by atoms with Crippen molar-refractivity contribution in [2.45, 2.75) is 32.0 Å². The van der Waals surface area contributed by atoms with Crippen LogP contribution >= 0.6 is 15.9 Å².